The van der Waals surface area contributed by atoms with Crippen molar-refractivity contribution in [2.45, 2.75) is 6.92 Å². The van der Waals surface area contributed by atoms with Gasteiger partial charge in [0.05, 0.1) is 16.6 Å². The Bertz CT molecular complexity index is 2240. The summed E-state index contributed by atoms with van der Waals surface area (Å²) in [6.07, 6.45) is 6.04. The molecular formula is C32H20N2OS. The third-order valence-corrected chi connectivity index (χ3v) is 8.37. The van der Waals surface area contributed by atoms with E-state index in [-0.39, 0.29) is 0 Å². The predicted molar refractivity (Wildman–Crippen MR) is 154 cm³/mol. The van der Waals surface area contributed by atoms with Gasteiger partial charge in [-0.05, 0) is 54.3 Å². The summed E-state index contributed by atoms with van der Waals surface area (Å²) in [5.74, 6) is 0. The van der Waals surface area contributed by atoms with Crippen molar-refractivity contribution in [1.29, 1.82) is 0 Å². The number of thiophene rings is 1. The first-order valence-electron chi connectivity index (χ1n) is 12.0. The monoisotopic (exact) mass is 480 g/mol. The summed E-state index contributed by atoms with van der Waals surface area (Å²) in [6, 6.07) is 25.7. The molecule has 0 amide bonds. The van der Waals surface area contributed by atoms with Crippen LogP contribution in [-0.4, -0.2) is 9.38 Å². The summed E-state index contributed by atoms with van der Waals surface area (Å²) < 4.78 is 9.93. The number of hydrogen-bond donors (Lipinski definition) is 0. The molecule has 0 radical (unpaired) electrons. The Morgan fingerprint density at radius 1 is 0.861 bits per heavy atom. The minimum atomic E-state index is 0.902. The van der Waals surface area contributed by atoms with Crippen LogP contribution in [-0.2, 0) is 0 Å². The second kappa shape index (κ2) is 7.06. The van der Waals surface area contributed by atoms with Crippen LogP contribution in [0.5, 0.6) is 0 Å². The van der Waals surface area contributed by atoms with E-state index in [1.165, 1.54) is 31.4 Å². The number of allylic oxidation sites excluding steroid dienone is 2. The molecule has 0 N–H and O–H groups in total. The molecule has 0 saturated heterocycles. The molecule has 0 bridgehead atoms. The predicted octanol–water partition coefficient (Wildman–Crippen LogP) is 9.42. The lowest BCUT2D eigenvalue weighted by atomic mass is 9.99. The van der Waals surface area contributed by atoms with E-state index in [1.807, 2.05) is 35.6 Å². The molecule has 4 aromatic heterocycles. The molecule has 0 spiro atoms. The summed E-state index contributed by atoms with van der Waals surface area (Å²) in [4.78, 5) is 6.46. The van der Waals surface area contributed by atoms with Crippen LogP contribution >= 0.6 is 11.3 Å². The molecule has 3 nitrogen and oxygen atoms in total. The molecule has 0 aliphatic heterocycles. The Kier molecular flexibility index (Phi) is 3.89. The first-order valence-corrected chi connectivity index (χ1v) is 12.8. The molecule has 0 aliphatic rings. The highest BCUT2D eigenvalue weighted by molar-refractivity contribution is 7.19. The zero-order valence-corrected chi connectivity index (χ0v) is 20.4. The van der Waals surface area contributed by atoms with Crippen molar-refractivity contribution in [3.63, 3.8) is 0 Å². The van der Waals surface area contributed by atoms with Crippen LogP contribution in [0.4, 0.5) is 0 Å². The normalized spacial score (nSPS) is 12.6. The fourth-order valence-electron chi connectivity index (χ4n) is 5.74. The maximum Gasteiger partial charge on any atom is 0.146 e. The number of imidazole rings is 1. The van der Waals surface area contributed by atoms with Gasteiger partial charge in [0.25, 0.3) is 0 Å². The van der Waals surface area contributed by atoms with Crippen LogP contribution in [0, 0.1) is 6.92 Å². The van der Waals surface area contributed by atoms with E-state index >= 15 is 0 Å². The number of aryl methyl sites for hydroxylation is 1. The highest BCUT2D eigenvalue weighted by Crippen LogP contribution is 2.43. The lowest BCUT2D eigenvalue weighted by molar-refractivity contribution is 0.669. The molecule has 0 unspecified atom stereocenters. The van der Waals surface area contributed by atoms with Crippen LogP contribution in [0.1, 0.15) is 10.4 Å². The summed E-state index contributed by atoms with van der Waals surface area (Å²) >= 11 is 1.83. The quantitative estimate of drug-likeness (QED) is 0.182. The van der Waals surface area contributed by atoms with Gasteiger partial charge in [-0.1, -0.05) is 61.2 Å². The highest BCUT2D eigenvalue weighted by atomic mass is 32.1. The number of furan rings is 1. The van der Waals surface area contributed by atoms with Gasteiger partial charge in [-0.15, -0.1) is 11.3 Å². The number of hydrogen-bond acceptors (Lipinski definition) is 3. The Morgan fingerprint density at radius 3 is 2.64 bits per heavy atom. The van der Waals surface area contributed by atoms with Crippen molar-refractivity contribution in [3.05, 3.63) is 102 Å². The number of benzene rings is 4. The fourth-order valence-corrected chi connectivity index (χ4v) is 6.80. The van der Waals surface area contributed by atoms with Crippen molar-refractivity contribution < 1.29 is 4.42 Å². The van der Waals surface area contributed by atoms with Crippen LogP contribution < -0.4 is 0 Å². The maximum absolute atomic E-state index is 6.30. The van der Waals surface area contributed by atoms with Crippen LogP contribution in [0.15, 0.2) is 95.9 Å². The third-order valence-electron chi connectivity index (χ3n) is 7.28. The van der Waals surface area contributed by atoms with Crippen molar-refractivity contribution >= 4 is 87.8 Å². The Hall–Kier alpha value is -4.41. The van der Waals surface area contributed by atoms with E-state index in [4.69, 9.17) is 9.40 Å². The molecule has 8 aromatic rings. The van der Waals surface area contributed by atoms with Gasteiger partial charge < -0.3 is 4.42 Å². The topological polar surface area (TPSA) is 30.4 Å². The zero-order chi connectivity index (χ0) is 24.0. The van der Waals surface area contributed by atoms with Crippen LogP contribution in [0.3, 0.4) is 0 Å². The molecule has 4 heteroatoms. The summed E-state index contributed by atoms with van der Waals surface area (Å²) in [7, 11) is 0. The molecule has 0 aliphatic carbocycles. The second-order valence-electron chi connectivity index (χ2n) is 9.25. The molecule has 0 fully saturated rings. The number of fused-ring (bicyclic) bond motifs is 13. The highest BCUT2D eigenvalue weighted by Gasteiger charge is 2.20. The average molecular weight is 481 g/mol. The van der Waals surface area contributed by atoms with Crippen molar-refractivity contribution in [3.8, 4) is 0 Å². The number of pyridine rings is 1. The Labute approximate surface area is 210 Å². The number of nitrogens with zero attached hydrogens (tertiary/aromatic N) is 2. The van der Waals surface area contributed by atoms with Gasteiger partial charge in [0, 0.05) is 36.5 Å². The van der Waals surface area contributed by atoms with Gasteiger partial charge in [-0.3, -0.25) is 4.40 Å². The molecule has 170 valence electrons. The molecule has 8 rings (SSSR count). The number of para-hydroxylation sites is 3. The second-order valence-corrected chi connectivity index (χ2v) is 10.5. The summed E-state index contributed by atoms with van der Waals surface area (Å²) in [5, 5.41) is 6.99. The van der Waals surface area contributed by atoms with E-state index in [9.17, 15) is 0 Å². The largest absolute Gasteiger partial charge is 0.456 e. The third kappa shape index (κ3) is 2.49. The lowest BCUT2D eigenvalue weighted by Gasteiger charge is -2.11. The Morgan fingerprint density at radius 2 is 1.72 bits per heavy atom. The fraction of sp³-hybridized carbons (Fsp3) is 0.0312. The molecule has 36 heavy (non-hydrogen) atoms. The smallest absolute Gasteiger partial charge is 0.146 e. The summed E-state index contributed by atoms with van der Waals surface area (Å²) in [6.45, 7) is 6.09. The SMILES string of the molecule is C=C/C=C\c1c(C)sc2ccc3c4cc5oc6ccccc6c5cc4c4nc5ccccc5n4c3c12. The standard InChI is InChI=1S/C32H20N2OS/c1-3-4-9-19-18(2)36-29-15-14-21-22-17-28-23(20-10-5-8-13-27(20)35-28)16-24(22)32-33-25-11-6-7-12-26(25)34(32)31(21)30(19)29/h3-17H,1H2,2H3/b9-4-. The van der Waals surface area contributed by atoms with Gasteiger partial charge in [0.1, 0.15) is 16.8 Å². The van der Waals surface area contributed by atoms with E-state index in [1.54, 1.807) is 0 Å². The van der Waals surface area contributed by atoms with E-state index in [0.717, 1.165) is 49.4 Å². The van der Waals surface area contributed by atoms with Crippen molar-refractivity contribution in [2.75, 3.05) is 0 Å². The number of rotatable bonds is 2. The van der Waals surface area contributed by atoms with Gasteiger partial charge in [0.2, 0.25) is 0 Å². The maximum atomic E-state index is 6.30. The van der Waals surface area contributed by atoms with E-state index in [0.29, 0.717) is 0 Å². The molecule has 4 heterocycles. The van der Waals surface area contributed by atoms with Gasteiger partial charge in [-0.2, -0.15) is 0 Å². The molecule has 4 aromatic carbocycles. The average Bonchev–Trinajstić information content (AvgIpc) is 3.56. The summed E-state index contributed by atoms with van der Waals surface area (Å²) in [5.41, 5.74) is 7.32. The molecule has 0 atom stereocenters. The van der Waals surface area contributed by atoms with Gasteiger partial charge >= 0.3 is 0 Å². The van der Waals surface area contributed by atoms with Crippen LogP contribution in [0.2, 0.25) is 0 Å². The van der Waals surface area contributed by atoms with Crippen molar-refractivity contribution in [2.24, 2.45) is 0 Å². The van der Waals surface area contributed by atoms with E-state index < -0.39 is 0 Å². The first kappa shape index (κ1) is 19.8. The minimum absolute atomic E-state index is 0.902. The van der Waals surface area contributed by atoms with Gasteiger partial charge in [-0.25, -0.2) is 4.98 Å². The molecular weight excluding hydrogens is 460 g/mol. The minimum Gasteiger partial charge on any atom is -0.456 e. The number of aromatic nitrogens is 2. The molecule has 0 saturated carbocycles. The Balaban J connectivity index is 1.70. The van der Waals surface area contributed by atoms with E-state index in [2.05, 4.69) is 84.6 Å². The first-order chi connectivity index (χ1) is 17.7. The van der Waals surface area contributed by atoms with Crippen LogP contribution in [0.25, 0.3) is 76.5 Å². The lowest BCUT2D eigenvalue weighted by Crippen LogP contribution is -1.93. The van der Waals surface area contributed by atoms with Gasteiger partial charge in [0.15, 0.2) is 0 Å². The van der Waals surface area contributed by atoms with Crippen molar-refractivity contribution in [1.82, 2.24) is 9.38 Å². The zero-order valence-electron chi connectivity index (χ0n) is 19.6.